The van der Waals surface area contributed by atoms with Crippen molar-refractivity contribution < 1.29 is 20.1 Å². The third-order valence-corrected chi connectivity index (χ3v) is 5.06. The molecule has 24 heavy (non-hydrogen) atoms. The molecule has 0 aliphatic carbocycles. The minimum absolute atomic E-state index is 0.0160. The summed E-state index contributed by atoms with van der Waals surface area (Å²) >= 11 is 0. The highest BCUT2D eigenvalue weighted by atomic mass is 16.5. The van der Waals surface area contributed by atoms with E-state index in [-0.39, 0.29) is 6.61 Å². The quantitative estimate of drug-likeness (QED) is 0.712. The second kappa shape index (κ2) is 5.67. The molecule has 4 rings (SSSR count). The van der Waals surface area contributed by atoms with E-state index >= 15 is 0 Å². The van der Waals surface area contributed by atoms with Gasteiger partial charge in [-0.25, -0.2) is 0 Å². The highest BCUT2D eigenvalue weighted by Crippen LogP contribution is 2.36. The van der Waals surface area contributed by atoms with Crippen molar-refractivity contribution in [2.75, 3.05) is 18.1 Å². The van der Waals surface area contributed by atoms with Gasteiger partial charge in [0.2, 0.25) is 0 Å². The first kappa shape index (κ1) is 15.8. The monoisotopic (exact) mass is 330 g/mol. The average Bonchev–Trinajstić information content (AvgIpc) is 2.94. The molecule has 0 saturated carbocycles. The molecule has 2 aliphatic rings. The Bertz CT molecular complexity index is 794. The summed E-state index contributed by atoms with van der Waals surface area (Å²) in [6.45, 7) is 4.77. The van der Waals surface area contributed by atoms with Gasteiger partial charge in [0, 0.05) is 23.3 Å². The second-order valence-corrected chi connectivity index (χ2v) is 6.79. The summed E-state index contributed by atoms with van der Waals surface area (Å²) in [7, 11) is 0. The fourth-order valence-corrected chi connectivity index (χ4v) is 3.80. The number of aliphatic hydroxyl groups excluding tert-OH is 3. The predicted octanol–water partition coefficient (Wildman–Crippen LogP) is 0.653. The van der Waals surface area contributed by atoms with Gasteiger partial charge in [0.1, 0.15) is 18.3 Å². The Morgan fingerprint density at radius 1 is 1.12 bits per heavy atom. The molecule has 0 amide bonds. The van der Waals surface area contributed by atoms with Crippen molar-refractivity contribution in [3.8, 4) is 0 Å². The topological polar surface area (TPSA) is 86.1 Å². The van der Waals surface area contributed by atoms with Crippen molar-refractivity contribution in [3.05, 3.63) is 35.0 Å². The van der Waals surface area contributed by atoms with Crippen LogP contribution in [0.4, 0.5) is 5.69 Å². The normalized spacial score (nSPS) is 30.0. The van der Waals surface area contributed by atoms with E-state index in [1.807, 2.05) is 11.8 Å². The number of anilines is 1. The van der Waals surface area contributed by atoms with Crippen molar-refractivity contribution >= 4 is 16.6 Å². The van der Waals surface area contributed by atoms with Gasteiger partial charge in [-0.3, -0.25) is 4.98 Å². The van der Waals surface area contributed by atoms with Crippen LogP contribution in [0.5, 0.6) is 0 Å². The minimum Gasteiger partial charge on any atom is -0.388 e. The van der Waals surface area contributed by atoms with Crippen LogP contribution in [0.1, 0.15) is 16.8 Å². The molecule has 6 heteroatoms. The molecule has 2 aliphatic heterocycles. The predicted molar refractivity (Wildman–Crippen MR) is 90.0 cm³/mol. The molecule has 128 valence electrons. The van der Waals surface area contributed by atoms with Crippen LogP contribution >= 0.6 is 0 Å². The molecule has 2 aromatic rings. The number of aryl methyl sites for hydroxylation is 2. The summed E-state index contributed by atoms with van der Waals surface area (Å²) in [5, 5.41) is 31.0. The second-order valence-electron chi connectivity index (χ2n) is 6.79. The number of benzene rings is 1. The Balaban J connectivity index is 1.75. The summed E-state index contributed by atoms with van der Waals surface area (Å²) in [6.07, 6.45) is -3.21. The lowest BCUT2D eigenvalue weighted by Crippen LogP contribution is -2.58. The number of pyridine rings is 1. The standard InChI is InChI=1S/C18H22N2O4/c1-9-5-10(2)19-13-6-11-3-4-20(14(11)7-12(9)13)18-17(23)16(22)15(21)8-24-18/h5-7,15-18,21-23H,3-4,8H2,1-2H3. The van der Waals surface area contributed by atoms with Crippen LogP contribution in [0.15, 0.2) is 18.2 Å². The number of nitrogens with zero attached hydrogens (tertiary/aromatic N) is 2. The molecular weight excluding hydrogens is 308 g/mol. The molecule has 3 N–H and O–H groups in total. The molecule has 1 fully saturated rings. The molecule has 0 spiro atoms. The lowest BCUT2D eigenvalue weighted by molar-refractivity contribution is -0.186. The van der Waals surface area contributed by atoms with Gasteiger partial charge in [0.15, 0.2) is 6.23 Å². The largest absolute Gasteiger partial charge is 0.388 e. The molecule has 4 unspecified atom stereocenters. The highest BCUT2D eigenvalue weighted by molar-refractivity contribution is 5.88. The summed E-state index contributed by atoms with van der Waals surface area (Å²) < 4.78 is 5.63. The molecule has 4 atom stereocenters. The Hall–Kier alpha value is -1.73. The Morgan fingerprint density at radius 2 is 1.92 bits per heavy atom. The van der Waals surface area contributed by atoms with Crippen LogP contribution in [0.3, 0.4) is 0 Å². The molecule has 0 bridgehead atoms. The Morgan fingerprint density at radius 3 is 2.71 bits per heavy atom. The van der Waals surface area contributed by atoms with Gasteiger partial charge in [0.25, 0.3) is 0 Å². The zero-order valence-corrected chi connectivity index (χ0v) is 13.8. The number of rotatable bonds is 1. The number of hydrogen-bond donors (Lipinski definition) is 3. The zero-order valence-electron chi connectivity index (χ0n) is 13.8. The van der Waals surface area contributed by atoms with E-state index < -0.39 is 24.5 Å². The fraction of sp³-hybridized carbons (Fsp3) is 0.500. The number of fused-ring (bicyclic) bond motifs is 2. The van der Waals surface area contributed by atoms with Crippen molar-refractivity contribution in [1.82, 2.24) is 4.98 Å². The average molecular weight is 330 g/mol. The van der Waals surface area contributed by atoms with Gasteiger partial charge in [-0.15, -0.1) is 0 Å². The van der Waals surface area contributed by atoms with E-state index in [9.17, 15) is 15.3 Å². The molecule has 1 aromatic carbocycles. The maximum absolute atomic E-state index is 10.3. The SMILES string of the molecule is Cc1cc(C)c2cc3c(cc2n1)CCN3C1OCC(O)C(O)C1O. The number of ether oxygens (including phenoxy) is 1. The summed E-state index contributed by atoms with van der Waals surface area (Å²) in [4.78, 5) is 6.60. The van der Waals surface area contributed by atoms with Crippen LogP contribution in [0.2, 0.25) is 0 Å². The third kappa shape index (κ3) is 2.38. The van der Waals surface area contributed by atoms with Gasteiger partial charge in [-0.2, -0.15) is 0 Å². The van der Waals surface area contributed by atoms with E-state index in [0.29, 0.717) is 6.54 Å². The number of aromatic nitrogens is 1. The van der Waals surface area contributed by atoms with Crippen LogP contribution in [0, 0.1) is 13.8 Å². The number of aliphatic hydroxyl groups is 3. The van der Waals surface area contributed by atoms with Crippen LogP contribution in [-0.2, 0) is 11.2 Å². The smallest absolute Gasteiger partial charge is 0.159 e. The van der Waals surface area contributed by atoms with Crippen LogP contribution < -0.4 is 4.90 Å². The molecule has 1 aromatic heterocycles. The lowest BCUT2D eigenvalue weighted by Gasteiger charge is -2.40. The van der Waals surface area contributed by atoms with Gasteiger partial charge in [-0.05, 0) is 49.6 Å². The molecule has 6 nitrogen and oxygen atoms in total. The zero-order chi connectivity index (χ0) is 17.0. The maximum atomic E-state index is 10.3. The first-order valence-electron chi connectivity index (χ1n) is 8.29. The summed E-state index contributed by atoms with van der Waals surface area (Å²) in [5.41, 5.74) is 5.31. The summed E-state index contributed by atoms with van der Waals surface area (Å²) in [6, 6.07) is 6.25. The van der Waals surface area contributed by atoms with E-state index in [4.69, 9.17) is 4.74 Å². The van der Waals surface area contributed by atoms with E-state index in [1.54, 1.807) is 0 Å². The molecule has 0 radical (unpaired) electrons. The first-order valence-corrected chi connectivity index (χ1v) is 8.29. The summed E-state index contributed by atoms with van der Waals surface area (Å²) in [5.74, 6) is 0. The van der Waals surface area contributed by atoms with Gasteiger partial charge >= 0.3 is 0 Å². The van der Waals surface area contributed by atoms with Gasteiger partial charge in [0.05, 0.1) is 12.1 Å². The maximum Gasteiger partial charge on any atom is 0.159 e. The van der Waals surface area contributed by atoms with Gasteiger partial charge in [-0.1, -0.05) is 0 Å². The number of hydrogen-bond acceptors (Lipinski definition) is 6. The van der Waals surface area contributed by atoms with Crippen molar-refractivity contribution in [1.29, 1.82) is 0 Å². The molecule has 3 heterocycles. The van der Waals surface area contributed by atoms with E-state index in [1.165, 1.54) is 0 Å². The lowest BCUT2D eigenvalue weighted by atomic mass is 10.0. The minimum atomic E-state index is -1.20. The van der Waals surface area contributed by atoms with Crippen LogP contribution in [0.25, 0.3) is 10.9 Å². The van der Waals surface area contributed by atoms with E-state index in [2.05, 4.69) is 30.1 Å². The van der Waals surface area contributed by atoms with Crippen LogP contribution in [-0.4, -0.2) is 58.0 Å². The Labute approximate surface area is 140 Å². The van der Waals surface area contributed by atoms with Crippen molar-refractivity contribution in [2.24, 2.45) is 0 Å². The Kier molecular flexibility index (Phi) is 3.73. The van der Waals surface area contributed by atoms with Crippen molar-refractivity contribution in [3.63, 3.8) is 0 Å². The highest BCUT2D eigenvalue weighted by Gasteiger charge is 2.42. The molecular formula is C18H22N2O4. The van der Waals surface area contributed by atoms with Gasteiger partial charge < -0.3 is 25.0 Å². The first-order chi connectivity index (χ1) is 11.5. The van der Waals surface area contributed by atoms with Crippen molar-refractivity contribution in [2.45, 2.75) is 44.8 Å². The molecule has 1 saturated heterocycles. The fourth-order valence-electron chi connectivity index (χ4n) is 3.80. The van der Waals surface area contributed by atoms with E-state index in [0.717, 1.165) is 39.8 Å². The third-order valence-electron chi connectivity index (χ3n) is 5.06.